The van der Waals surface area contributed by atoms with Gasteiger partial charge in [0.05, 0.1) is 15.6 Å². The van der Waals surface area contributed by atoms with E-state index in [0.717, 1.165) is 12.3 Å². The fraction of sp³-hybridized carbons (Fsp3) is 0.353. The number of nitriles is 1. The molecule has 1 aromatic rings. The van der Waals surface area contributed by atoms with Gasteiger partial charge in [0.25, 0.3) is 11.6 Å². The molecule has 10 nitrogen and oxygen atoms in total. The molecule has 0 bridgehead atoms. The molecule has 0 spiro atoms. The number of nitrogens with one attached hydrogen (secondary N) is 3. The van der Waals surface area contributed by atoms with Gasteiger partial charge in [-0.05, 0) is 26.8 Å². The van der Waals surface area contributed by atoms with E-state index in [1.165, 1.54) is 12.1 Å². The summed E-state index contributed by atoms with van der Waals surface area (Å²) in [6.07, 6.45) is 0.578. The highest BCUT2D eigenvalue weighted by atomic mass is 35.5. The fourth-order valence-electron chi connectivity index (χ4n) is 1.79. The molecule has 0 atom stereocenters. The number of ether oxygens (including phenoxy) is 1. The van der Waals surface area contributed by atoms with Gasteiger partial charge in [-0.15, -0.1) is 0 Å². The highest BCUT2D eigenvalue weighted by Crippen LogP contribution is 2.26. The third kappa shape index (κ3) is 7.92. The van der Waals surface area contributed by atoms with Crippen LogP contribution in [0, 0.1) is 21.4 Å². The van der Waals surface area contributed by atoms with Crippen LogP contribution in [-0.4, -0.2) is 35.6 Å². The quantitative estimate of drug-likeness (QED) is 0.206. The Balaban J connectivity index is 2.60. The molecule has 150 valence electrons. The molecule has 0 aromatic heterocycles. The van der Waals surface area contributed by atoms with Gasteiger partial charge in [0, 0.05) is 31.4 Å². The molecule has 3 N–H and O–H groups in total. The highest BCUT2D eigenvalue weighted by Gasteiger charge is 2.16. The van der Waals surface area contributed by atoms with Gasteiger partial charge < -0.3 is 20.7 Å². The van der Waals surface area contributed by atoms with Crippen LogP contribution in [0.4, 0.5) is 16.2 Å². The Kier molecular flexibility index (Phi) is 8.22. The molecule has 0 heterocycles. The fourth-order valence-corrected chi connectivity index (χ4v) is 1.95. The maximum Gasteiger partial charge on any atom is 0.407 e. The molecule has 0 saturated heterocycles. The standard InChI is InChI=1S/C17H20ClN5O5/c1-17(2,3)28-16(25)21-7-6-20-10-11(9-19)15(24)22-14-8-12(23(26)27)4-5-13(14)18/h4-5,8,10,20H,6-7H2,1-3H3,(H,21,25)(H,22,24)/b11-10-. The summed E-state index contributed by atoms with van der Waals surface area (Å²) in [5.41, 5.74) is -1.14. The van der Waals surface area contributed by atoms with E-state index in [1.54, 1.807) is 26.8 Å². The van der Waals surface area contributed by atoms with E-state index in [0.29, 0.717) is 0 Å². The summed E-state index contributed by atoms with van der Waals surface area (Å²) >= 11 is 5.91. The number of nitrogens with zero attached hydrogens (tertiary/aromatic N) is 2. The largest absolute Gasteiger partial charge is 0.444 e. The third-order valence-corrected chi connectivity index (χ3v) is 3.29. The second kappa shape index (κ2) is 10.1. The van der Waals surface area contributed by atoms with Crippen LogP contribution in [0.25, 0.3) is 0 Å². The van der Waals surface area contributed by atoms with E-state index in [1.807, 2.05) is 0 Å². The van der Waals surface area contributed by atoms with Gasteiger partial charge >= 0.3 is 6.09 Å². The summed E-state index contributed by atoms with van der Waals surface area (Å²) in [6, 6.07) is 5.26. The number of halogens is 1. The topological polar surface area (TPSA) is 146 Å². The Bertz CT molecular complexity index is 826. The summed E-state index contributed by atoms with van der Waals surface area (Å²) in [5, 5.41) is 27.6. The van der Waals surface area contributed by atoms with E-state index in [-0.39, 0.29) is 35.1 Å². The van der Waals surface area contributed by atoms with Crippen LogP contribution < -0.4 is 16.0 Å². The van der Waals surface area contributed by atoms with E-state index >= 15 is 0 Å². The Morgan fingerprint density at radius 2 is 2.04 bits per heavy atom. The number of carbonyl (C=O) groups excluding carboxylic acids is 2. The number of hydrogen-bond acceptors (Lipinski definition) is 7. The summed E-state index contributed by atoms with van der Waals surface area (Å²) < 4.78 is 5.06. The summed E-state index contributed by atoms with van der Waals surface area (Å²) in [6.45, 7) is 5.63. The smallest absolute Gasteiger partial charge is 0.407 e. The van der Waals surface area contributed by atoms with Crippen LogP contribution in [0.1, 0.15) is 20.8 Å². The van der Waals surface area contributed by atoms with Crippen LogP contribution in [0.2, 0.25) is 5.02 Å². The van der Waals surface area contributed by atoms with Gasteiger partial charge in [-0.2, -0.15) is 5.26 Å². The molecule has 0 saturated carbocycles. The van der Waals surface area contributed by atoms with E-state index in [2.05, 4.69) is 16.0 Å². The lowest BCUT2D eigenvalue weighted by Crippen LogP contribution is -2.35. The molecule has 0 fully saturated rings. The van der Waals surface area contributed by atoms with Gasteiger partial charge in [-0.25, -0.2) is 4.79 Å². The third-order valence-electron chi connectivity index (χ3n) is 2.96. The summed E-state index contributed by atoms with van der Waals surface area (Å²) in [5.74, 6) is -0.794. The minimum Gasteiger partial charge on any atom is -0.444 e. The van der Waals surface area contributed by atoms with Crippen LogP contribution >= 0.6 is 11.6 Å². The van der Waals surface area contributed by atoms with Gasteiger partial charge in [0.1, 0.15) is 17.2 Å². The molecule has 1 aromatic carbocycles. The number of nitro groups is 1. The molecular formula is C17H20ClN5O5. The molecule has 28 heavy (non-hydrogen) atoms. The van der Waals surface area contributed by atoms with Crippen molar-refractivity contribution in [1.29, 1.82) is 5.26 Å². The van der Waals surface area contributed by atoms with Crippen molar-refractivity contribution in [3.05, 3.63) is 45.1 Å². The van der Waals surface area contributed by atoms with Crippen molar-refractivity contribution < 1.29 is 19.2 Å². The van der Waals surface area contributed by atoms with E-state index < -0.39 is 22.5 Å². The summed E-state index contributed by atoms with van der Waals surface area (Å²) in [4.78, 5) is 33.8. The van der Waals surface area contributed by atoms with Crippen LogP contribution in [0.15, 0.2) is 30.0 Å². The Hall–Kier alpha value is -3.32. The van der Waals surface area contributed by atoms with Gasteiger partial charge in [-0.3, -0.25) is 14.9 Å². The first kappa shape index (κ1) is 22.7. The van der Waals surface area contributed by atoms with Crippen molar-refractivity contribution >= 4 is 35.0 Å². The normalized spacial score (nSPS) is 11.2. The molecule has 0 radical (unpaired) electrons. The predicted molar refractivity (Wildman–Crippen MR) is 103 cm³/mol. The minimum absolute atomic E-state index is 0.00797. The van der Waals surface area contributed by atoms with Crippen molar-refractivity contribution in [2.75, 3.05) is 18.4 Å². The first-order valence-corrected chi connectivity index (χ1v) is 8.47. The summed E-state index contributed by atoms with van der Waals surface area (Å²) in [7, 11) is 0. The lowest BCUT2D eigenvalue weighted by molar-refractivity contribution is -0.384. The zero-order valence-corrected chi connectivity index (χ0v) is 16.3. The average Bonchev–Trinajstić information content (AvgIpc) is 2.58. The predicted octanol–water partition coefficient (Wildman–Crippen LogP) is 2.71. The Labute approximate surface area is 166 Å². The number of anilines is 1. The van der Waals surface area contributed by atoms with Crippen LogP contribution in [0.3, 0.4) is 0 Å². The first-order valence-electron chi connectivity index (χ1n) is 8.09. The number of carbonyl (C=O) groups is 2. The molecule has 1 rings (SSSR count). The number of hydrogen-bond donors (Lipinski definition) is 3. The number of benzene rings is 1. The van der Waals surface area contributed by atoms with E-state index in [9.17, 15) is 19.7 Å². The Morgan fingerprint density at radius 1 is 1.36 bits per heavy atom. The van der Waals surface area contributed by atoms with Crippen molar-refractivity contribution in [1.82, 2.24) is 10.6 Å². The maximum atomic E-state index is 12.1. The van der Waals surface area contributed by atoms with Crippen molar-refractivity contribution in [3.63, 3.8) is 0 Å². The monoisotopic (exact) mass is 409 g/mol. The zero-order chi connectivity index (χ0) is 21.3. The number of rotatable bonds is 7. The average molecular weight is 410 g/mol. The number of amides is 2. The molecule has 0 aliphatic carbocycles. The molecule has 0 unspecified atom stereocenters. The van der Waals surface area contributed by atoms with Crippen molar-refractivity contribution in [3.8, 4) is 6.07 Å². The number of non-ortho nitro benzene ring substituents is 1. The maximum absolute atomic E-state index is 12.1. The minimum atomic E-state index is -0.794. The molecule has 2 amide bonds. The van der Waals surface area contributed by atoms with Gasteiger partial charge in [-0.1, -0.05) is 11.6 Å². The van der Waals surface area contributed by atoms with Crippen LogP contribution in [-0.2, 0) is 9.53 Å². The zero-order valence-electron chi connectivity index (χ0n) is 15.5. The SMILES string of the molecule is CC(C)(C)OC(=O)NCCN/C=C(/C#N)C(=O)Nc1cc([N+](=O)[O-])ccc1Cl. The second-order valence-corrected chi connectivity index (χ2v) is 6.84. The first-order chi connectivity index (χ1) is 13.0. The number of alkyl carbamates (subject to hydrolysis) is 1. The van der Waals surface area contributed by atoms with E-state index in [4.69, 9.17) is 21.6 Å². The van der Waals surface area contributed by atoms with Crippen molar-refractivity contribution in [2.45, 2.75) is 26.4 Å². The van der Waals surface area contributed by atoms with Gasteiger partial charge in [0.15, 0.2) is 0 Å². The highest BCUT2D eigenvalue weighted by molar-refractivity contribution is 6.34. The molecule has 0 aliphatic heterocycles. The molecular weight excluding hydrogens is 390 g/mol. The molecule has 0 aliphatic rings. The molecule has 11 heteroatoms. The van der Waals surface area contributed by atoms with Crippen molar-refractivity contribution in [2.24, 2.45) is 0 Å². The lowest BCUT2D eigenvalue weighted by Gasteiger charge is -2.19. The lowest BCUT2D eigenvalue weighted by atomic mass is 10.2. The van der Waals surface area contributed by atoms with Crippen LogP contribution in [0.5, 0.6) is 0 Å². The van der Waals surface area contributed by atoms with Gasteiger partial charge in [0.2, 0.25) is 0 Å². The Morgan fingerprint density at radius 3 is 2.61 bits per heavy atom. The number of nitro benzene ring substituents is 1. The second-order valence-electron chi connectivity index (χ2n) is 6.43.